The number of rotatable bonds is 2. The van der Waals surface area contributed by atoms with E-state index in [2.05, 4.69) is 45.1 Å². The minimum atomic E-state index is 0.418. The first-order chi connectivity index (χ1) is 11.7. The SMILES string of the molecule is C#CC[n+]1c2c(c(C)c3cc(-n4[nH]nnc4=S)ccc31)CCCC2. The van der Waals surface area contributed by atoms with E-state index in [-0.39, 0.29) is 0 Å². The molecule has 1 N–H and O–H groups in total. The Bertz CT molecular complexity index is 1040. The molecule has 1 aromatic carbocycles. The van der Waals surface area contributed by atoms with Crippen molar-refractivity contribution in [2.75, 3.05) is 0 Å². The van der Waals surface area contributed by atoms with Crippen molar-refractivity contribution >= 4 is 23.1 Å². The van der Waals surface area contributed by atoms with Gasteiger partial charge in [-0.25, -0.2) is 4.68 Å². The molecule has 0 bridgehead atoms. The highest BCUT2D eigenvalue weighted by molar-refractivity contribution is 7.71. The molecule has 2 heterocycles. The summed E-state index contributed by atoms with van der Waals surface area (Å²) in [6.07, 6.45) is 10.3. The van der Waals surface area contributed by atoms with Crippen LogP contribution in [0.1, 0.15) is 29.7 Å². The average Bonchev–Trinajstić information content (AvgIpc) is 3.04. The van der Waals surface area contributed by atoms with E-state index in [0.29, 0.717) is 11.3 Å². The Labute approximate surface area is 145 Å². The number of tetrazole rings is 1. The van der Waals surface area contributed by atoms with E-state index in [0.717, 1.165) is 18.5 Å². The molecule has 0 atom stereocenters. The van der Waals surface area contributed by atoms with E-state index in [1.165, 1.54) is 40.6 Å². The molecule has 0 fully saturated rings. The number of aromatic nitrogens is 5. The van der Waals surface area contributed by atoms with Crippen molar-refractivity contribution in [3.8, 4) is 18.0 Å². The molecular weight excluding hydrogens is 318 g/mol. The van der Waals surface area contributed by atoms with Gasteiger partial charge in [0.05, 0.1) is 11.1 Å². The zero-order chi connectivity index (χ0) is 16.7. The molecule has 5 nitrogen and oxygen atoms in total. The van der Waals surface area contributed by atoms with Crippen LogP contribution >= 0.6 is 12.2 Å². The fourth-order valence-corrected chi connectivity index (χ4v) is 3.92. The van der Waals surface area contributed by atoms with Crippen LogP contribution in [0.15, 0.2) is 18.2 Å². The van der Waals surface area contributed by atoms with Crippen LogP contribution in [0, 0.1) is 24.0 Å². The number of nitrogens with zero attached hydrogens (tertiary/aromatic N) is 4. The Kier molecular flexibility index (Phi) is 3.66. The van der Waals surface area contributed by atoms with Crippen LogP contribution in [-0.2, 0) is 19.4 Å². The van der Waals surface area contributed by atoms with E-state index in [1.54, 1.807) is 4.68 Å². The molecule has 4 rings (SSSR count). The van der Waals surface area contributed by atoms with Crippen LogP contribution in [0.2, 0.25) is 0 Å². The Morgan fingerprint density at radius 2 is 2.21 bits per heavy atom. The summed E-state index contributed by atoms with van der Waals surface area (Å²) in [4.78, 5) is 0. The van der Waals surface area contributed by atoms with Crippen LogP contribution in [0.3, 0.4) is 0 Å². The number of nitrogens with one attached hydrogen (secondary N) is 1. The number of aryl methyl sites for hydroxylation is 1. The van der Waals surface area contributed by atoms with Gasteiger partial charge in [0.1, 0.15) is 0 Å². The number of pyridine rings is 1. The van der Waals surface area contributed by atoms with Crippen LogP contribution in [0.4, 0.5) is 0 Å². The molecule has 0 radical (unpaired) electrons. The third kappa shape index (κ3) is 2.24. The molecule has 24 heavy (non-hydrogen) atoms. The minimum absolute atomic E-state index is 0.418. The first-order valence-corrected chi connectivity index (χ1v) is 8.53. The van der Waals surface area contributed by atoms with Crippen molar-refractivity contribution in [1.82, 2.24) is 20.2 Å². The Morgan fingerprint density at radius 1 is 1.38 bits per heavy atom. The molecule has 0 amide bonds. The van der Waals surface area contributed by atoms with Gasteiger partial charge in [-0.15, -0.1) is 6.42 Å². The molecule has 3 aromatic rings. The van der Waals surface area contributed by atoms with E-state index >= 15 is 0 Å². The normalized spacial score (nSPS) is 13.7. The van der Waals surface area contributed by atoms with Crippen molar-refractivity contribution in [2.45, 2.75) is 39.2 Å². The summed E-state index contributed by atoms with van der Waals surface area (Å²) in [5.74, 6) is 2.81. The lowest BCUT2D eigenvalue weighted by molar-refractivity contribution is -0.667. The third-order valence-corrected chi connectivity index (χ3v) is 5.14. The van der Waals surface area contributed by atoms with Gasteiger partial charge >= 0.3 is 0 Å². The van der Waals surface area contributed by atoms with Crippen molar-refractivity contribution in [3.63, 3.8) is 0 Å². The molecule has 0 unspecified atom stereocenters. The van der Waals surface area contributed by atoms with Crippen LogP contribution < -0.4 is 4.57 Å². The predicted molar refractivity (Wildman–Crippen MR) is 94.5 cm³/mol. The zero-order valence-electron chi connectivity index (χ0n) is 13.5. The summed E-state index contributed by atoms with van der Waals surface area (Å²) in [6, 6.07) is 6.29. The quantitative estimate of drug-likeness (QED) is 0.445. The van der Waals surface area contributed by atoms with Crippen molar-refractivity contribution in [1.29, 1.82) is 0 Å². The molecule has 120 valence electrons. The van der Waals surface area contributed by atoms with Gasteiger partial charge in [-0.3, -0.25) is 0 Å². The average molecular weight is 336 g/mol. The van der Waals surface area contributed by atoms with Gasteiger partial charge in [0.2, 0.25) is 16.8 Å². The van der Waals surface area contributed by atoms with Gasteiger partial charge < -0.3 is 0 Å². The fraction of sp³-hybridized carbons (Fsp3) is 0.333. The lowest BCUT2D eigenvalue weighted by Gasteiger charge is -2.18. The summed E-state index contributed by atoms with van der Waals surface area (Å²) in [5, 5.41) is 11.7. The lowest BCUT2D eigenvalue weighted by atomic mass is 9.89. The Balaban J connectivity index is 2.04. The second kappa shape index (κ2) is 5.84. The maximum absolute atomic E-state index is 5.64. The second-order valence-electron chi connectivity index (χ2n) is 6.17. The largest absolute Gasteiger partial charge is 0.242 e. The first-order valence-electron chi connectivity index (χ1n) is 8.12. The molecule has 6 heteroatoms. The molecule has 1 aliphatic carbocycles. The Morgan fingerprint density at radius 3 is 2.96 bits per heavy atom. The number of hydrogen-bond acceptors (Lipinski definition) is 3. The topological polar surface area (TPSA) is 50.4 Å². The van der Waals surface area contributed by atoms with Crippen LogP contribution in [0.25, 0.3) is 16.6 Å². The smallest absolute Gasteiger partial charge is 0.210 e. The number of hydrogen-bond donors (Lipinski definition) is 1. The number of H-pyrrole nitrogens is 1. The van der Waals surface area contributed by atoms with E-state index in [4.69, 9.17) is 18.6 Å². The number of fused-ring (bicyclic) bond motifs is 2. The maximum Gasteiger partial charge on any atom is 0.242 e. The zero-order valence-corrected chi connectivity index (χ0v) is 14.4. The summed E-state index contributed by atoms with van der Waals surface area (Å²) >= 11 is 5.21. The van der Waals surface area contributed by atoms with Gasteiger partial charge in [-0.05, 0) is 62.0 Å². The van der Waals surface area contributed by atoms with Gasteiger partial charge in [0.25, 0.3) is 0 Å². The first kappa shape index (κ1) is 15.0. The summed E-state index contributed by atoms with van der Waals surface area (Å²) < 4.78 is 4.42. The van der Waals surface area contributed by atoms with Crippen molar-refractivity contribution in [2.24, 2.45) is 0 Å². The molecule has 1 aliphatic rings. The maximum atomic E-state index is 5.64. The predicted octanol–water partition coefficient (Wildman–Crippen LogP) is 2.59. The van der Waals surface area contributed by atoms with Gasteiger partial charge in [0.15, 0.2) is 5.69 Å². The molecule has 0 saturated heterocycles. The van der Waals surface area contributed by atoms with E-state index in [1.807, 2.05) is 6.07 Å². The van der Waals surface area contributed by atoms with E-state index < -0.39 is 0 Å². The third-order valence-electron chi connectivity index (χ3n) is 4.87. The number of aromatic amines is 1. The molecule has 0 aliphatic heterocycles. The standard InChI is InChI=1S/C18H17N5S/c1-3-10-22-16-7-5-4-6-14(16)12(2)15-11-13(8-9-17(15)22)23-18(24)19-20-21-23/h1,8-9,11H,4-7,10H2,2H3/p+1. The summed E-state index contributed by atoms with van der Waals surface area (Å²) in [5.41, 5.74) is 6.30. The Hall–Kier alpha value is -2.52. The van der Waals surface area contributed by atoms with E-state index in [9.17, 15) is 0 Å². The van der Waals surface area contributed by atoms with Crippen molar-refractivity contribution in [3.05, 3.63) is 39.8 Å². The summed E-state index contributed by atoms with van der Waals surface area (Å²) in [7, 11) is 0. The fourth-order valence-electron chi connectivity index (χ4n) is 3.74. The number of terminal acetylenes is 1. The summed E-state index contributed by atoms with van der Waals surface area (Å²) in [6.45, 7) is 2.81. The van der Waals surface area contributed by atoms with Gasteiger partial charge in [0, 0.05) is 18.1 Å². The molecular formula is C18H18N5S+. The lowest BCUT2D eigenvalue weighted by Crippen LogP contribution is -2.41. The molecule has 2 aromatic heterocycles. The second-order valence-corrected chi connectivity index (χ2v) is 6.53. The highest BCUT2D eigenvalue weighted by atomic mass is 32.1. The van der Waals surface area contributed by atoms with Crippen LogP contribution in [0.5, 0.6) is 0 Å². The monoisotopic (exact) mass is 336 g/mol. The van der Waals surface area contributed by atoms with Gasteiger partial charge in [-0.1, -0.05) is 10.3 Å². The number of benzene rings is 1. The highest BCUT2D eigenvalue weighted by Crippen LogP contribution is 2.28. The minimum Gasteiger partial charge on any atom is -0.210 e. The molecule has 0 spiro atoms. The van der Waals surface area contributed by atoms with Gasteiger partial charge in [-0.2, -0.15) is 9.78 Å². The molecule has 0 saturated carbocycles. The van der Waals surface area contributed by atoms with Crippen LogP contribution in [-0.4, -0.2) is 20.2 Å². The van der Waals surface area contributed by atoms with Crippen molar-refractivity contribution < 1.29 is 4.57 Å². The highest BCUT2D eigenvalue weighted by Gasteiger charge is 2.26.